The Labute approximate surface area is 157 Å². The van der Waals surface area contributed by atoms with E-state index in [2.05, 4.69) is 5.32 Å². The summed E-state index contributed by atoms with van der Waals surface area (Å²) in [4.78, 5) is 37.7. The van der Waals surface area contributed by atoms with Crippen molar-refractivity contribution in [1.82, 2.24) is 10.2 Å². The fraction of sp³-hybridized carbons (Fsp3) is 0.526. The van der Waals surface area contributed by atoms with Crippen molar-refractivity contribution in [3.63, 3.8) is 0 Å². The number of piperidine rings is 1. The fourth-order valence-electron chi connectivity index (χ4n) is 3.03. The molecule has 0 aromatic heterocycles. The van der Waals surface area contributed by atoms with Gasteiger partial charge in [-0.25, -0.2) is 9.18 Å². The highest BCUT2D eigenvalue weighted by atomic mass is 19.1. The van der Waals surface area contributed by atoms with Crippen LogP contribution in [0, 0.1) is 5.82 Å². The Bertz CT molecular complexity index is 665. The van der Waals surface area contributed by atoms with E-state index in [0.29, 0.717) is 25.8 Å². The van der Waals surface area contributed by atoms with Crippen LogP contribution in [0.3, 0.4) is 0 Å². The zero-order chi connectivity index (χ0) is 19.8. The van der Waals surface area contributed by atoms with Gasteiger partial charge in [-0.3, -0.25) is 9.59 Å². The second kappa shape index (κ2) is 9.89. The van der Waals surface area contributed by atoms with Crippen molar-refractivity contribution in [2.75, 3.05) is 13.1 Å². The highest BCUT2D eigenvalue weighted by Gasteiger charge is 2.32. The van der Waals surface area contributed by atoms with Crippen LogP contribution in [0.1, 0.15) is 39.0 Å². The molecule has 27 heavy (non-hydrogen) atoms. The predicted octanol–water partition coefficient (Wildman–Crippen LogP) is 1.96. The summed E-state index contributed by atoms with van der Waals surface area (Å²) in [5, 5.41) is 11.9. The number of likely N-dealkylation sites (tertiary alicyclic amines) is 1. The molecule has 1 aromatic carbocycles. The molecule has 7 nitrogen and oxygen atoms in total. The molecule has 0 spiro atoms. The van der Waals surface area contributed by atoms with Crippen molar-refractivity contribution >= 4 is 17.8 Å². The average Bonchev–Trinajstić information content (AvgIpc) is 2.66. The van der Waals surface area contributed by atoms with Crippen molar-refractivity contribution in [2.24, 2.45) is 0 Å². The predicted molar refractivity (Wildman–Crippen MR) is 95.7 cm³/mol. The molecule has 0 radical (unpaired) electrons. The molecule has 1 aliphatic heterocycles. The highest BCUT2D eigenvalue weighted by molar-refractivity contribution is 5.88. The Hall–Kier alpha value is -2.64. The van der Waals surface area contributed by atoms with E-state index in [1.165, 1.54) is 12.1 Å². The van der Waals surface area contributed by atoms with E-state index in [1.54, 1.807) is 4.90 Å². The normalized spacial score (nSPS) is 17.9. The SMILES string of the molecule is CCCC(=O)N1CCCCC1C(=O)NCC(Oc1ccc(F)cc1)C(=O)O. The lowest BCUT2D eigenvalue weighted by Crippen LogP contribution is -2.53. The zero-order valence-electron chi connectivity index (χ0n) is 15.3. The Balaban J connectivity index is 1.96. The van der Waals surface area contributed by atoms with Crippen LogP contribution < -0.4 is 10.1 Å². The minimum Gasteiger partial charge on any atom is -0.478 e. The number of nitrogens with zero attached hydrogens (tertiary/aromatic N) is 1. The van der Waals surface area contributed by atoms with Crippen molar-refractivity contribution in [1.29, 1.82) is 0 Å². The topological polar surface area (TPSA) is 95.9 Å². The summed E-state index contributed by atoms with van der Waals surface area (Å²) >= 11 is 0. The lowest BCUT2D eigenvalue weighted by molar-refractivity contribution is -0.146. The number of hydrogen-bond acceptors (Lipinski definition) is 4. The molecule has 8 heteroatoms. The lowest BCUT2D eigenvalue weighted by Gasteiger charge is -2.35. The molecule has 1 fully saturated rings. The quantitative estimate of drug-likeness (QED) is 0.719. The largest absolute Gasteiger partial charge is 0.478 e. The molecule has 148 valence electrons. The van der Waals surface area contributed by atoms with Gasteiger partial charge in [0.15, 0.2) is 0 Å². The minimum absolute atomic E-state index is 0.0605. The van der Waals surface area contributed by atoms with Crippen molar-refractivity contribution in [2.45, 2.75) is 51.2 Å². The van der Waals surface area contributed by atoms with E-state index < -0.39 is 23.9 Å². The van der Waals surface area contributed by atoms with Crippen molar-refractivity contribution in [3.05, 3.63) is 30.1 Å². The van der Waals surface area contributed by atoms with Crippen molar-refractivity contribution < 1.29 is 28.6 Å². The number of carbonyl (C=O) groups is 3. The van der Waals surface area contributed by atoms with Gasteiger partial charge < -0.3 is 20.1 Å². The first-order chi connectivity index (χ1) is 12.9. The number of carbonyl (C=O) groups excluding carboxylic acids is 2. The first-order valence-corrected chi connectivity index (χ1v) is 9.14. The van der Waals surface area contributed by atoms with E-state index in [4.69, 9.17) is 4.74 Å². The van der Waals surface area contributed by atoms with Crippen LogP contribution in [0.15, 0.2) is 24.3 Å². The molecule has 1 saturated heterocycles. The molecule has 0 aliphatic carbocycles. The van der Waals surface area contributed by atoms with Crippen LogP contribution in [0.4, 0.5) is 4.39 Å². The van der Waals surface area contributed by atoms with E-state index in [0.717, 1.165) is 25.0 Å². The standard InChI is InChI=1S/C19H25FN2O5/c1-2-5-17(23)22-11-4-3-6-15(22)18(24)21-12-16(19(25)26)27-14-9-7-13(20)8-10-14/h7-10,15-16H,2-6,11-12H2,1H3,(H,21,24)(H,25,26). The molecule has 2 N–H and O–H groups in total. The average molecular weight is 380 g/mol. The van der Waals surface area contributed by atoms with E-state index in [9.17, 15) is 23.9 Å². The third-order valence-electron chi connectivity index (χ3n) is 4.42. The Kier molecular flexibility index (Phi) is 7.57. The molecule has 2 amide bonds. The Morgan fingerprint density at radius 3 is 2.63 bits per heavy atom. The highest BCUT2D eigenvalue weighted by Crippen LogP contribution is 2.19. The van der Waals surface area contributed by atoms with Crippen LogP contribution >= 0.6 is 0 Å². The number of amides is 2. The maximum Gasteiger partial charge on any atom is 0.346 e. The molecule has 2 rings (SSSR count). The lowest BCUT2D eigenvalue weighted by atomic mass is 10.0. The van der Waals surface area contributed by atoms with E-state index in [1.807, 2.05) is 6.92 Å². The molecular formula is C19H25FN2O5. The number of carboxylic acid groups (broad SMARTS) is 1. The Morgan fingerprint density at radius 1 is 1.30 bits per heavy atom. The first-order valence-electron chi connectivity index (χ1n) is 9.14. The van der Waals surface area contributed by atoms with Crippen LogP contribution in [0.5, 0.6) is 5.75 Å². The minimum atomic E-state index is -1.32. The van der Waals surface area contributed by atoms with Gasteiger partial charge in [-0.05, 0) is 49.9 Å². The molecule has 0 saturated carbocycles. The number of hydrogen-bond donors (Lipinski definition) is 2. The van der Waals surface area contributed by atoms with Gasteiger partial charge in [0.2, 0.25) is 17.9 Å². The molecule has 2 atom stereocenters. The summed E-state index contributed by atoms with van der Waals surface area (Å²) in [7, 11) is 0. The van der Waals surface area contributed by atoms with Gasteiger partial charge in [0.25, 0.3) is 0 Å². The molecule has 0 bridgehead atoms. The summed E-state index contributed by atoms with van der Waals surface area (Å²) in [5.74, 6) is -1.96. The second-order valence-corrected chi connectivity index (χ2v) is 6.49. The number of benzene rings is 1. The van der Waals surface area contributed by atoms with Gasteiger partial charge in [-0.2, -0.15) is 0 Å². The van der Waals surface area contributed by atoms with Gasteiger partial charge >= 0.3 is 5.97 Å². The van der Waals surface area contributed by atoms with Gasteiger partial charge in [0.1, 0.15) is 17.6 Å². The smallest absolute Gasteiger partial charge is 0.346 e. The van der Waals surface area contributed by atoms with Crippen LogP contribution in [-0.4, -0.2) is 53.0 Å². The molecule has 1 aliphatic rings. The molecular weight excluding hydrogens is 355 g/mol. The maximum absolute atomic E-state index is 12.9. The third kappa shape index (κ3) is 5.94. The van der Waals surface area contributed by atoms with Crippen LogP contribution in [0.2, 0.25) is 0 Å². The van der Waals surface area contributed by atoms with E-state index >= 15 is 0 Å². The summed E-state index contributed by atoms with van der Waals surface area (Å²) in [6.45, 7) is 2.18. The maximum atomic E-state index is 12.9. The van der Waals surface area contributed by atoms with Gasteiger partial charge in [-0.1, -0.05) is 6.92 Å². The summed E-state index contributed by atoms with van der Waals surface area (Å²) in [5.41, 5.74) is 0. The number of rotatable bonds is 8. The van der Waals surface area contributed by atoms with Gasteiger partial charge in [0, 0.05) is 13.0 Å². The summed E-state index contributed by atoms with van der Waals surface area (Å²) in [6, 6.07) is 4.37. The monoisotopic (exact) mass is 380 g/mol. The molecule has 1 aromatic rings. The number of ether oxygens (including phenoxy) is 1. The number of nitrogens with one attached hydrogen (secondary N) is 1. The third-order valence-corrected chi connectivity index (χ3v) is 4.42. The molecule has 1 heterocycles. The molecule has 2 unspecified atom stereocenters. The van der Waals surface area contributed by atoms with Gasteiger partial charge in [-0.15, -0.1) is 0 Å². The number of halogens is 1. The van der Waals surface area contributed by atoms with Crippen LogP contribution in [0.25, 0.3) is 0 Å². The zero-order valence-corrected chi connectivity index (χ0v) is 15.3. The Morgan fingerprint density at radius 2 is 2.00 bits per heavy atom. The second-order valence-electron chi connectivity index (χ2n) is 6.49. The fourth-order valence-corrected chi connectivity index (χ4v) is 3.03. The number of carboxylic acids is 1. The number of aliphatic carboxylic acids is 1. The van der Waals surface area contributed by atoms with Crippen LogP contribution in [-0.2, 0) is 14.4 Å². The van der Waals surface area contributed by atoms with E-state index in [-0.39, 0.29) is 24.1 Å². The summed E-state index contributed by atoms with van der Waals surface area (Å²) in [6.07, 6.45) is 2.01. The first kappa shape index (κ1) is 20.7. The summed E-state index contributed by atoms with van der Waals surface area (Å²) < 4.78 is 18.3. The van der Waals surface area contributed by atoms with Crippen molar-refractivity contribution in [3.8, 4) is 5.75 Å². The van der Waals surface area contributed by atoms with Gasteiger partial charge in [0.05, 0.1) is 6.54 Å².